The molecule has 1 aromatic heterocycles. The fraction of sp³-hybridized carbons (Fsp3) is 0.353. The molecular weight excluding hydrogens is 326 g/mol. The van der Waals surface area contributed by atoms with Gasteiger partial charge in [-0.3, -0.25) is 4.79 Å². The Balaban J connectivity index is 2.23. The number of nitriles is 1. The molecule has 0 radical (unpaired) electrons. The van der Waals surface area contributed by atoms with E-state index in [1.807, 2.05) is 26.8 Å². The van der Waals surface area contributed by atoms with Gasteiger partial charge in [-0.05, 0) is 30.3 Å². The lowest BCUT2D eigenvalue weighted by molar-refractivity contribution is 0.508. The van der Waals surface area contributed by atoms with Crippen molar-refractivity contribution in [3.8, 4) is 6.07 Å². The quantitative estimate of drug-likeness (QED) is 0.843. The number of sulfone groups is 1. The van der Waals surface area contributed by atoms with E-state index in [9.17, 15) is 13.2 Å². The average Bonchev–Trinajstić information content (AvgIpc) is 2.53. The monoisotopic (exact) mass is 345 g/mol. The molecule has 1 aromatic carbocycles. The van der Waals surface area contributed by atoms with E-state index < -0.39 is 9.84 Å². The van der Waals surface area contributed by atoms with Gasteiger partial charge in [-0.25, -0.2) is 13.1 Å². The van der Waals surface area contributed by atoms with Crippen molar-refractivity contribution in [2.45, 2.75) is 37.6 Å². The third kappa shape index (κ3) is 4.09. The van der Waals surface area contributed by atoms with Crippen LogP contribution in [0.5, 0.6) is 0 Å². The van der Waals surface area contributed by atoms with Crippen molar-refractivity contribution >= 4 is 9.84 Å². The molecule has 0 aliphatic carbocycles. The van der Waals surface area contributed by atoms with Crippen molar-refractivity contribution in [1.29, 1.82) is 5.26 Å². The molecule has 7 heteroatoms. The fourth-order valence-corrected chi connectivity index (χ4v) is 3.27. The van der Waals surface area contributed by atoms with Gasteiger partial charge < -0.3 is 0 Å². The van der Waals surface area contributed by atoms with Gasteiger partial charge in [0.2, 0.25) is 0 Å². The average molecular weight is 345 g/mol. The van der Waals surface area contributed by atoms with Crippen LogP contribution in [0.4, 0.5) is 0 Å². The second-order valence-electron chi connectivity index (χ2n) is 6.49. The van der Waals surface area contributed by atoms with Crippen LogP contribution < -0.4 is 5.56 Å². The lowest BCUT2D eigenvalue weighted by atomic mass is 9.92. The van der Waals surface area contributed by atoms with Gasteiger partial charge in [-0.15, -0.1) is 0 Å². The second kappa shape index (κ2) is 6.57. The van der Waals surface area contributed by atoms with Crippen LogP contribution in [0.15, 0.2) is 46.1 Å². The van der Waals surface area contributed by atoms with E-state index >= 15 is 0 Å². The maximum absolute atomic E-state index is 12.4. The molecule has 6 nitrogen and oxygen atoms in total. The number of rotatable bonds is 4. The van der Waals surface area contributed by atoms with Crippen LogP contribution in [0.3, 0.4) is 0 Å². The molecule has 2 aromatic rings. The topological polar surface area (TPSA) is 92.8 Å². The Labute approximate surface area is 141 Å². The number of aryl methyl sites for hydroxylation is 1. The van der Waals surface area contributed by atoms with Crippen LogP contribution >= 0.6 is 0 Å². The molecule has 0 fully saturated rings. The molecule has 0 atom stereocenters. The van der Waals surface area contributed by atoms with Crippen LogP contribution in [-0.2, 0) is 21.8 Å². The predicted octanol–water partition coefficient (Wildman–Crippen LogP) is 1.89. The van der Waals surface area contributed by atoms with E-state index in [4.69, 9.17) is 5.26 Å². The van der Waals surface area contributed by atoms with Crippen LogP contribution in [0.25, 0.3) is 0 Å². The summed E-state index contributed by atoms with van der Waals surface area (Å²) in [6.45, 7) is 5.89. The van der Waals surface area contributed by atoms with Gasteiger partial charge in [-0.2, -0.15) is 10.4 Å². The molecule has 0 saturated heterocycles. The first kappa shape index (κ1) is 17.9. The maximum Gasteiger partial charge on any atom is 0.266 e. The summed E-state index contributed by atoms with van der Waals surface area (Å²) in [6, 6.07) is 10.7. The Morgan fingerprint density at radius 1 is 1.12 bits per heavy atom. The largest absolute Gasteiger partial charge is 0.268 e. The van der Waals surface area contributed by atoms with E-state index in [1.54, 1.807) is 6.07 Å². The summed E-state index contributed by atoms with van der Waals surface area (Å²) in [7, 11) is -3.56. The third-order valence-electron chi connectivity index (χ3n) is 3.55. The zero-order chi connectivity index (χ0) is 18.0. The Bertz CT molecular complexity index is 931. The zero-order valence-corrected chi connectivity index (χ0v) is 14.7. The van der Waals surface area contributed by atoms with E-state index in [-0.39, 0.29) is 28.2 Å². The molecule has 0 N–H and O–H groups in total. The van der Waals surface area contributed by atoms with E-state index in [2.05, 4.69) is 5.10 Å². The first-order valence-electron chi connectivity index (χ1n) is 7.45. The molecule has 0 saturated carbocycles. The van der Waals surface area contributed by atoms with E-state index in [0.29, 0.717) is 5.56 Å². The summed E-state index contributed by atoms with van der Waals surface area (Å²) in [5.41, 5.74) is 0.544. The van der Waals surface area contributed by atoms with Crippen LogP contribution in [-0.4, -0.2) is 24.0 Å². The van der Waals surface area contributed by atoms with Crippen molar-refractivity contribution in [3.63, 3.8) is 0 Å². The molecule has 2 rings (SSSR count). The van der Waals surface area contributed by atoms with Gasteiger partial charge in [0.25, 0.3) is 5.56 Å². The number of benzene rings is 1. The zero-order valence-electron chi connectivity index (χ0n) is 13.9. The highest BCUT2D eigenvalue weighted by Gasteiger charge is 2.18. The van der Waals surface area contributed by atoms with Gasteiger partial charge in [0, 0.05) is 11.5 Å². The van der Waals surface area contributed by atoms with Gasteiger partial charge in [0.15, 0.2) is 9.84 Å². The Kier molecular flexibility index (Phi) is 4.90. The van der Waals surface area contributed by atoms with Crippen molar-refractivity contribution in [1.82, 2.24) is 9.78 Å². The number of nitrogens with zero attached hydrogens (tertiary/aromatic N) is 3. The molecule has 0 aliphatic heterocycles. The summed E-state index contributed by atoms with van der Waals surface area (Å²) in [6.07, 6.45) is 0. The summed E-state index contributed by atoms with van der Waals surface area (Å²) in [4.78, 5) is 12.0. The van der Waals surface area contributed by atoms with Gasteiger partial charge in [-0.1, -0.05) is 20.8 Å². The standard InChI is InChI=1S/C17H19N3O3S/c1-17(2,3)15-8-9-16(21)20(19-15)10-11-24(22,23)14-6-4-13(12-18)5-7-14/h4-9H,10-11H2,1-3H3. The van der Waals surface area contributed by atoms with E-state index in [1.165, 1.54) is 35.0 Å². The molecule has 0 unspecified atom stereocenters. The molecule has 0 aliphatic rings. The smallest absolute Gasteiger partial charge is 0.266 e. The highest BCUT2D eigenvalue weighted by Crippen LogP contribution is 2.18. The molecule has 24 heavy (non-hydrogen) atoms. The van der Waals surface area contributed by atoms with Crippen molar-refractivity contribution in [3.05, 3.63) is 58.0 Å². The normalized spacial score (nSPS) is 11.9. The minimum Gasteiger partial charge on any atom is -0.268 e. The minimum atomic E-state index is -3.56. The Hall–Kier alpha value is -2.46. The number of aromatic nitrogens is 2. The SMILES string of the molecule is CC(C)(C)c1ccc(=O)n(CCS(=O)(=O)c2ccc(C#N)cc2)n1. The van der Waals surface area contributed by atoms with Gasteiger partial charge in [0.05, 0.1) is 34.5 Å². The molecule has 0 bridgehead atoms. The van der Waals surface area contributed by atoms with E-state index in [0.717, 1.165) is 5.69 Å². The lowest BCUT2D eigenvalue weighted by Crippen LogP contribution is -2.29. The fourth-order valence-electron chi connectivity index (χ4n) is 2.07. The summed E-state index contributed by atoms with van der Waals surface area (Å²) >= 11 is 0. The summed E-state index contributed by atoms with van der Waals surface area (Å²) in [5.74, 6) is -0.237. The molecule has 1 heterocycles. The lowest BCUT2D eigenvalue weighted by Gasteiger charge is -2.18. The van der Waals surface area contributed by atoms with Crippen LogP contribution in [0.2, 0.25) is 0 Å². The second-order valence-corrected chi connectivity index (χ2v) is 8.59. The highest BCUT2D eigenvalue weighted by atomic mass is 32.2. The highest BCUT2D eigenvalue weighted by molar-refractivity contribution is 7.91. The van der Waals surface area contributed by atoms with Gasteiger partial charge >= 0.3 is 0 Å². The first-order chi connectivity index (χ1) is 11.1. The summed E-state index contributed by atoms with van der Waals surface area (Å²) < 4.78 is 25.9. The third-order valence-corrected chi connectivity index (χ3v) is 5.26. The van der Waals surface area contributed by atoms with Crippen molar-refractivity contribution in [2.75, 3.05) is 5.75 Å². The van der Waals surface area contributed by atoms with Crippen LogP contribution in [0.1, 0.15) is 32.0 Å². The molecular formula is C17H19N3O3S. The van der Waals surface area contributed by atoms with Crippen molar-refractivity contribution < 1.29 is 8.42 Å². The molecule has 0 spiro atoms. The predicted molar refractivity (Wildman–Crippen MR) is 90.4 cm³/mol. The molecule has 0 amide bonds. The number of hydrogen-bond acceptors (Lipinski definition) is 5. The molecule has 126 valence electrons. The maximum atomic E-state index is 12.4. The van der Waals surface area contributed by atoms with Crippen LogP contribution in [0, 0.1) is 11.3 Å². The Morgan fingerprint density at radius 2 is 1.75 bits per heavy atom. The Morgan fingerprint density at radius 3 is 2.29 bits per heavy atom. The number of hydrogen-bond donors (Lipinski definition) is 0. The van der Waals surface area contributed by atoms with Crippen molar-refractivity contribution in [2.24, 2.45) is 0 Å². The first-order valence-corrected chi connectivity index (χ1v) is 9.10. The summed E-state index contributed by atoms with van der Waals surface area (Å²) in [5, 5.41) is 13.0. The minimum absolute atomic E-state index is 0.0227. The van der Waals surface area contributed by atoms with Gasteiger partial charge in [0.1, 0.15) is 0 Å².